The van der Waals surface area contributed by atoms with Crippen LogP contribution in [0.15, 0.2) is 42.5 Å². The van der Waals surface area contributed by atoms with E-state index in [-0.39, 0.29) is 19.0 Å². The molecule has 2 saturated heterocycles. The third-order valence-electron chi connectivity index (χ3n) is 7.72. The second-order valence-corrected chi connectivity index (χ2v) is 13.1. The number of piperidine rings is 1. The lowest BCUT2D eigenvalue weighted by Gasteiger charge is -2.35. The van der Waals surface area contributed by atoms with Crippen LogP contribution >= 0.6 is 23.2 Å². The van der Waals surface area contributed by atoms with Gasteiger partial charge in [-0.2, -0.15) is 17.0 Å². The quantitative estimate of drug-likeness (QED) is 0.470. The first-order valence-electron chi connectivity index (χ1n) is 12.9. The van der Waals surface area contributed by atoms with E-state index in [9.17, 15) is 13.2 Å². The minimum atomic E-state index is -3.49. The number of halogens is 2. The van der Waals surface area contributed by atoms with Gasteiger partial charge < -0.3 is 9.88 Å². The average Bonchev–Trinajstić information content (AvgIpc) is 3.27. The van der Waals surface area contributed by atoms with Crippen molar-refractivity contribution < 1.29 is 13.2 Å². The second kappa shape index (κ2) is 11.2. The normalized spacial score (nSPS) is 18.5. The molecule has 38 heavy (non-hydrogen) atoms. The van der Waals surface area contributed by atoms with Gasteiger partial charge in [0.25, 0.3) is 16.1 Å². The molecule has 3 heterocycles. The molecule has 204 valence electrons. The Hall–Kier alpha value is -2.14. The number of nitrogens with zero attached hydrogens (tertiary/aromatic N) is 4. The molecule has 0 atom stereocenters. The van der Waals surface area contributed by atoms with Crippen molar-refractivity contribution in [2.24, 2.45) is 0 Å². The molecule has 0 aliphatic carbocycles. The first-order chi connectivity index (χ1) is 18.2. The molecule has 3 aromatic rings. The molecule has 0 saturated carbocycles. The largest absolute Gasteiger partial charge is 0.350 e. The number of aromatic nitrogens is 1. The molecule has 1 N–H and O–H groups in total. The van der Waals surface area contributed by atoms with Gasteiger partial charge in [-0.15, -0.1) is 0 Å². The van der Waals surface area contributed by atoms with Gasteiger partial charge in [-0.3, -0.25) is 9.69 Å². The predicted octanol–water partition coefficient (Wildman–Crippen LogP) is 4.42. The maximum absolute atomic E-state index is 13.7. The number of carbonyl (C=O) groups is 1. The summed E-state index contributed by atoms with van der Waals surface area (Å²) in [6, 6.07) is 13.7. The summed E-state index contributed by atoms with van der Waals surface area (Å²) in [4.78, 5) is 21.2. The predicted molar refractivity (Wildman–Crippen MR) is 152 cm³/mol. The third kappa shape index (κ3) is 5.33. The zero-order valence-corrected chi connectivity index (χ0v) is 24.0. The number of hydrogen-bond donors (Lipinski definition) is 1. The molecule has 11 heteroatoms. The lowest BCUT2D eigenvalue weighted by Crippen LogP contribution is -2.53. The molecule has 1 aromatic heterocycles. The molecule has 1 amide bonds. The lowest BCUT2D eigenvalue weighted by molar-refractivity contribution is 0.0687. The highest BCUT2D eigenvalue weighted by molar-refractivity contribution is 7.86. The number of para-hydroxylation sites is 1. The van der Waals surface area contributed by atoms with Gasteiger partial charge in [0.1, 0.15) is 5.69 Å². The Morgan fingerprint density at radius 1 is 0.947 bits per heavy atom. The van der Waals surface area contributed by atoms with Gasteiger partial charge in [0, 0.05) is 73.3 Å². The van der Waals surface area contributed by atoms with Crippen LogP contribution in [0.1, 0.15) is 40.4 Å². The zero-order chi connectivity index (χ0) is 27.0. The van der Waals surface area contributed by atoms with Gasteiger partial charge in [-0.1, -0.05) is 47.5 Å². The van der Waals surface area contributed by atoms with E-state index in [0.717, 1.165) is 58.0 Å². The molecule has 2 fully saturated rings. The maximum Gasteiger partial charge on any atom is 0.281 e. The Labute approximate surface area is 234 Å². The Kier molecular flexibility index (Phi) is 8.05. The molecule has 0 spiro atoms. The van der Waals surface area contributed by atoms with E-state index in [0.29, 0.717) is 31.2 Å². The molecule has 0 unspecified atom stereocenters. The Morgan fingerprint density at radius 2 is 1.58 bits per heavy atom. The summed E-state index contributed by atoms with van der Waals surface area (Å²) < 4.78 is 27.6. The van der Waals surface area contributed by atoms with E-state index in [1.54, 1.807) is 4.90 Å². The Bertz CT molecular complexity index is 1410. The highest BCUT2D eigenvalue weighted by Gasteiger charge is 2.33. The fourth-order valence-electron chi connectivity index (χ4n) is 5.56. The van der Waals surface area contributed by atoms with E-state index in [1.807, 2.05) is 36.4 Å². The summed E-state index contributed by atoms with van der Waals surface area (Å²) in [5.74, 6) is 0.224. The minimum Gasteiger partial charge on any atom is -0.350 e. The summed E-state index contributed by atoms with van der Waals surface area (Å²) in [7, 11) is -0.447. The molecular weight excluding hydrogens is 545 g/mol. The van der Waals surface area contributed by atoms with Crippen molar-refractivity contribution in [3.63, 3.8) is 0 Å². The molecule has 2 aromatic carbocycles. The van der Waals surface area contributed by atoms with E-state index in [4.69, 9.17) is 23.2 Å². The van der Waals surface area contributed by atoms with E-state index >= 15 is 0 Å². The number of hydrogen-bond acceptors (Lipinski definition) is 4. The van der Waals surface area contributed by atoms with Crippen molar-refractivity contribution in [1.82, 2.24) is 23.4 Å². The number of fused-ring (bicyclic) bond motifs is 1. The van der Waals surface area contributed by atoms with Crippen LogP contribution in [0.25, 0.3) is 10.9 Å². The highest BCUT2D eigenvalue weighted by atomic mass is 35.5. The van der Waals surface area contributed by atoms with Crippen LogP contribution in [-0.2, 0) is 16.8 Å². The van der Waals surface area contributed by atoms with E-state index in [1.165, 1.54) is 22.7 Å². The summed E-state index contributed by atoms with van der Waals surface area (Å²) in [6.07, 6.45) is 1.88. The SMILES string of the molecule is CN(C)S(=O)(=O)N1CCN(C(=O)c2[nH]c3ccccc3c2CN2CCC(c3c(Cl)cccc3Cl)CC2)CC1. The number of rotatable bonds is 6. The van der Waals surface area contributed by atoms with Gasteiger partial charge in [0.05, 0.1) is 0 Å². The van der Waals surface area contributed by atoms with Gasteiger partial charge in [0.2, 0.25) is 0 Å². The van der Waals surface area contributed by atoms with Crippen molar-refractivity contribution in [1.29, 1.82) is 0 Å². The standard InChI is InChI=1S/C27H33Cl2N5O3S/c1-31(2)38(36,37)34-16-14-33(15-17-34)27(35)26-21(20-6-3-4-9-24(20)30-26)18-32-12-10-19(11-13-32)25-22(28)7-5-8-23(25)29/h3-9,19,30H,10-18H2,1-2H3. The summed E-state index contributed by atoms with van der Waals surface area (Å²) in [5, 5.41) is 2.49. The molecular formula is C27H33Cl2N5O3S. The summed E-state index contributed by atoms with van der Waals surface area (Å²) in [6.45, 7) is 3.67. The Balaban J connectivity index is 1.32. The molecule has 5 rings (SSSR count). The number of nitrogens with one attached hydrogen (secondary N) is 1. The van der Waals surface area contributed by atoms with Gasteiger partial charge >= 0.3 is 0 Å². The Morgan fingerprint density at radius 3 is 2.21 bits per heavy atom. The highest BCUT2D eigenvalue weighted by Crippen LogP contribution is 2.38. The number of benzene rings is 2. The van der Waals surface area contributed by atoms with E-state index < -0.39 is 10.2 Å². The summed E-state index contributed by atoms with van der Waals surface area (Å²) in [5.41, 5.74) is 3.54. The minimum absolute atomic E-state index is 0.0872. The van der Waals surface area contributed by atoms with Crippen LogP contribution < -0.4 is 0 Å². The molecule has 0 bridgehead atoms. The lowest BCUT2D eigenvalue weighted by atomic mass is 9.89. The van der Waals surface area contributed by atoms with Crippen LogP contribution in [0.5, 0.6) is 0 Å². The van der Waals surface area contributed by atoms with Gasteiger partial charge in [-0.25, -0.2) is 0 Å². The first-order valence-corrected chi connectivity index (χ1v) is 15.0. The van der Waals surface area contributed by atoms with Crippen LogP contribution in [0.3, 0.4) is 0 Å². The van der Waals surface area contributed by atoms with Crippen molar-refractivity contribution in [2.75, 3.05) is 53.4 Å². The van der Waals surface area contributed by atoms with Crippen molar-refractivity contribution in [3.8, 4) is 0 Å². The molecule has 2 aliphatic rings. The number of carbonyl (C=O) groups excluding carboxylic acids is 1. The monoisotopic (exact) mass is 577 g/mol. The number of likely N-dealkylation sites (tertiary alicyclic amines) is 1. The zero-order valence-electron chi connectivity index (χ0n) is 21.7. The van der Waals surface area contributed by atoms with Gasteiger partial charge in [0.15, 0.2) is 0 Å². The van der Waals surface area contributed by atoms with E-state index in [2.05, 4.69) is 16.0 Å². The molecule has 2 aliphatic heterocycles. The molecule has 0 radical (unpaired) electrons. The molecule has 8 nitrogen and oxygen atoms in total. The topological polar surface area (TPSA) is 80.0 Å². The smallest absolute Gasteiger partial charge is 0.281 e. The maximum atomic E-state index is 13.7. The fourth-order valence-corrected chi connectivity index (χ4v) is 7.35. The van der Waals surface area contributed by atoms with Gasteiger partial charge in [-0.05, 0) is 55.6 Å². The second-order valence-electron chi connectivity index (χ2n) is 10.2. The number of H-pyrrole nitrogens is 1. The fraction of sp³-hybridized carbons (Fsp3) is 0.444. The van der Waals surface area contributed by atoms with Crippen LogP contribution in [0, 0.1) is 0 Å². The first kappa shape index (κ1) is 27.4. The average molecular weight is 579 g/mol. The number of amides is 1. The van der Waals surface area contributed by atoms with Crippen LogP contribution in [-0.4, -0.2) is 91.1 Å². The van der Waals surface area contributed by atoms with Crippen molar-refractivity contribution >= 4 is 50.2 Å². The van der Waals surface area contributed by atoms with Crippen molar-refractivity contribution in [2.45, 2.75) is 25.3 Å². The number of piperazine rings is 1. The third-order valence-corrected chi connectivity index (χ3v) is 10.3. The van der Waals surface area contributed by atoms with Crippen molar-refractivity contribution in [3.05, 3.63) is 69.3 Å². The van der Waals surface area contributed by atoms with Crippen LogP contribution in [0.4, 0.5) is 0 Å². The number of aromatic amines is 1. The summed E-state index contributed by atoms with van der Waals surface area (Å²) >= 11 is 13.0. The van der Waals surface area contributed by atoms with Crippen LogP contribution in [0.2, 0.25) is 10.0 Å².